The van der Waals surface area contributed by atoms with Crippen molar-refractivity contribution in [3.8, 4) is 33.0 Å². The Hall–Kier alpha value is -4.61. The predicted octanol–water partition coefficient (Wildman–Crippen LogP) is 11.2. The zero-order valence-electron chi connectivity index (χ0n) is 30.9. The smallest absolute Gasteiger partial charge is 0.399 e. The van der Waals surface area contributed by atoms with Gasteiger partial charge in [0.2, 0.25) is 0 Å². The van der Waals surface area contributed by atoms with Crippen LogP contribution in [0.25, 0.3) is 53.1 Å². The van der Waals surface area contributed by atoms with Gasteiger partial charge in [0.05, 0.1) is 37.6 Å². The molecule has 53 heavy (non-hydrogen) atoms. The van der Waals surface area contributed by atoms with Gasteiger partial charge < -0.3 is 9.31 Å². The summed E-state index contributed by atoms with van der Waals surface area (Å²) in [5.74, 6) is -1.57. The Morgan fingerprint density at radius 1 is 0.660 bits per heavy atom. The number of fused-ring (bicyclic) bond motifs is 2. The topological polar surface area (TPSA) is 61.3 Å². The summed E-state index contributed by atoms with van der Waals surface area (Å²) >= 11 is 3.09. The van der Waals surface area contributed by atoms with Gasteiger partial charge in [-0.25, -0.2) is 8.78 Å². The van der Waals surface area contributed by atoms with Crippen molar-refractivity contribution in [1.29, 1.82) is 0 Å². The molecule has 3 aromatic carbocycles. The molecule has 0 amide bonds. The average Bonchev–Trinajstić information content (AvgIpc) is 3.77. The molecule has 10 heteroatoms. The highest BCUT2D eigenvalue weighted by Gasteiger charge is 2.52. The number of pyridine rings is 2. The normalized spacial score (nSPS) is 14.8. The van der Waals surface area contributed by atoms with Gasteiger partial charge in [-0.15, -0.1) is 22.7 Å². The van der Waals surface area contributed by atoms with Crippen LogP contribution in [-0.2, 0) is 9.31 Å². The number of halogens is 2. The first-order valence-corrected chi connectivity index (χ1v) is 19.0. The van der Waals surface area contributed by atoms with Crippen molar-refractivity contribution in [2.24, 2.45) is 0 Å². The summed E-state index contributed by atoms with van der Waals surface area (Å²) < 4.78 is 43.4. The fourth-order valence-corrected chi connectivity index (χ4v) is 9.02. The van der Waals surface area contributed by atoms with Gasteiger partial charge in [0, 0.05) is 44.8 Å². The number of hydrogen-bond donors (Lipinski definition) is 0. The van der Waals surface area contributed by atoms with Crippen molar-refractivity contribution in [3.05, 3.63) is 125 Å². The lowest BCUT2D eigenvalue weighted by molar-refractivity contribution is 0.00578. The maximum atomic E-state index is 14.0. The van der Waals surface area contributed by atoms with E-state index in [1.165, 1.54) is 38.6 Å². The molecule has 4 aromatic heterocycles. The van der Waals surface area contributed by atoms with Gasteiger partial charge in [-0.1, -0.05) is 34.4 Å². The van der Waals surface area contributed by atoms with Gasteiger partial charge in [0.15, 0.2) is 6.29 Å². The number of hydrogen-bond acceptors (Lipinski definition) is 7. The van der Waals surface area contributed by atoms with Crippen molar-refractivity contribution in [2.45, 2.75) is 66.6 Å². The number of rotatable bonds is 5. The first-order chi connectivity index (χ1) is 25.1. The Morgan fingerprint density at radius 2 is 1.15 bits per heavy atom. The molecule has 1 fully saturated rings. The van der Waals surface area contributed by atoms with Crippen LogP contribution < -0.4 is 4.78 Å². The van der Waals surface area contributed by atoms with E-state index >= 15 is 0 Å². The van der Waals surface area contributed by atoms with E-state index in [1.807, 2.05) is 32.2 Å². The molecule has 0 bridgehead atoms. The van der Waals surface area contributed by atoms with E-state index in [-0.39, 0.29) is 29.4 Å². The Balaban J connectivity index is 0.000000164. The summed E-state index contributed by atoms with van der Waals surface area (Å²) in [5.41, 5.74) is 8.24. The van der Waals surface area contributed by atoms with Gasteiger partial charge in [0.25, 0.3) is 0 Å². The second-order valence-corrected chi connectivity index (χ2v) is 16.9. The lowest BCUT2D eigenvalue weighted by Crippen LogP contribution is -2.41. The molecule has 0 spiro atoms. The number of carbonyl (C=O) groups excluding carboxylic acids is 1. The van der Waals surface area contributed by atoms with E-state index in [4.69, 9.17) is 9.31 Å². The Labute approximate surface area is 316 Å². The van der Waals surface area contributed by atoms with Crippen LogP contribution >= 0.6 is 22.7 Å². The number of aldehydes is 1. The summed E-state index contributed by atoms with van der Waals surface area (Å²) in [6.07, 6.45) is 4.03. The number of benzene rings is 3. The van der Waals surface area contributed by atoms with E-state index in [2.05, 4.69) is 100 Å². The molecule has 0 unspecified atom stereocenters. The summed E-state index contributed by atoms with van der Waals surface area (Å²) in [4.78, 5) is 21.2. The molecule has 7 aromatic rings. The highest BCUT2D eigenvalue weighted by atomic mass is 32.1. The first kappa shape index (κ1) is 36.7. The summed E-state index contributed by atoms with van der Waals surface area (Å²) in [6.45, 7) is 16.7. The van der Waals surface area contributed by atoms with Crippen LogP contribution in [0, 0.1) is 39.3 Å². The van der Waals surface area contributed by atoms with Crippen molar-refractivity contribution in [2.75, 3.05) is 0 Å². The Kier molecular flexibility index (Phi) is 9.70. The minimum absolute atomic E-state index is 0.135. The van der Waals surface area contributed by atoms with E-state index in [0.29, 0.717) is 11.2 Å². The first-order valence-electron chi connectivity index (χ1n) is 17.4. The minimum atomic E-state index is -0.856. The Bertz CT molecular complexity index is 2490. The molecule has 0 saturated carbocycles. The number of nitrogens with zero attached hydrogens (tertiary/aromatic N) is 2. The number of thiophene rings is 2. The van der Waals surface area contributed by atoms with Crippen LogP contribution in [0.3, 0.4) is 0 Å². The molecule has 5 nitrogen and oxygen atoms in total. The van der Waals surface area contributed by atoms with Crippen molar-refractivity contribution < 1.29 is 22.9 Å². The van der Waals surface area contributed by atoms with E-state index in [1.54, 1.807) is 17.5 Å². The van der Waals surface area contributed by atoms with E-state index in [9.17, 15) is 13.6 Å². The van der Waals surface area contributed by atoms with Gasteiger partial charge in [-0.05, 0) is 121 Å². The predicted molar refractivity (Wildman–Crippen MR) is 216 cm³/mol. The molecular weight excluding hydrogens is 705 g/mol. The summed E-state index contributed by atoms with van der Waals surface area (Å²) in [5, 5.41) is 2.10. The van der Waals surface area contributed by atoms with Crippen LogP contribution in [0.2, 0.25) is 0 Å². The molecule has 0 radical (unpaired) electrons. The van der Waals surface area contributed by atoms with Gasteiger partial charge >= 0.3 is 7.12 Å². The molecule has 0 N–H and O–H groups in total. The maximum absolute atomic E-state index is 14.0. The summed E-state index contributed by atoms with van der Waals surface area (Å²) in [7, 11) is -0.329. The van der Waals surface area contributed by atoms with E-state index in [0.717, 1.165) is 54.6 Å². The zero-order valence-corrected chi connectivity index (χ0v) is 32.6. The lowest BCUT2D eigenvalue weighted by atomic mass is 9.87. The highest BCUT2D eigenvalue weighted by Crippen LogP contribution is 2.41. The van der Waals surface area contributed by atoms with Crippen LogP contribution in [0.5, 0.6) is 0 Å². The van der Waals surface area contributed by atoms with Crippen LogP contribution in [0.1, 0.15) is 60.3 Å². The fraction of sp³-hybridized carbons (Fsp3) is 0.233. The molecule has 5 heterocycles. The third-order valence-corrected chi connectivity index (χ3v) is 12.2. The largest absolute Gasteiger partial charge is 0.505 e. The van der Waals surface area contributed by atoms with Crippen LogP contribution in [0.15, 0.2) is 85.2 Å². The zero-order chi connectivity index (χ0) is 37.8. The number of aryl methyl sites for hydroxylation is 4. The summed E-state index contributed by atoms with van der Waals surface area (Å²) in [6, 6.07) is 22.7. The monoisotopic (exact) mass is 744 g/mol. The minimum Gasteiger partial charge on any atom is -0.399 e. The van der Waals surface area contributed by atoms with E-state index < -0.39 is 11.6 Å². The molecule has 1 aliphatic heterocycles. The third kappa shape index (κ3) is 7.21. The number of aromatic nitrogens is 2. The molecule has 0 atom stereocenters. The second-order valence-electron chi connectivity index (χ2n) is 14.7. The molecule has 0 aliphatic carbocycles. The SMILES string of the molecule is Cc1cc(C)cc(-c2nccc3cc(-c4cc(F)cc(F)c4C=O)sc23)c1.Cc1cc(C)cc(-c2nccc3cc(B4OC(C)(C)C(C)(C)O4)sc23)c1. The van der Waals surface area contributed by atoms with Crippen molar-refractivity contribution >= 4 is 61.0 Å². The highest BCUT2D eigenvalue weighted by molar-refractivity contribution is 7.28. The molecule has 1 saturated heterocycles. The average molecular weight is 745 g/mol. The molecule has 8 rings (SSSR count). The Morgan fingerprint density at radius 3 is 1.66 bits per heavy atom. The molecular formula is C43H39BF2N2O3S2. The van der Waals surface area contributed by atoms with Crippen molar-refractivity contribution in [1.82, 2.24) is 9.97 Å². The maximum Gasteiger partial charge on any atom is 0.505 e. The number of carbonyl (C=O) groups is 1. The van der Waals surface area contributed by atoms with Gasteiger partial charge in [-0.2, -0.15) is 0 Å². The van der Waals surface area contributed by atoms with Gasteiger partial charge in [-0.3, -0.25) is 14.8 Å². The van der Waals surface area contributed by atoms with Crippen LogP contribution in [-0.4, -0.2) is 34.6 Å². The van der Waals surface area contributed by atoms with Gasteiger partial charge in [0.1, 0.15) is 11.6 Å². The quantitative estimate of drug-likeness (QED) is 0.130. The van der Waals surface area contributed by atoms with Crippen molar-refractivity contribution in [3.63, 3.8) is 0 Å². The lowest BCUT2D eigenvalue weighted by Gasteiger charge is -2.32. The molecule has 1 aliphatic rings. The standard InChI is InChI=1S/C22H15F2NOS.C21H24BNO2S/c1-12-5-13(2)7-15(6-12)21-22-14(3-4-25-21)8-20(27-22)17-9-16(23)10-19(24)18(17)11-26;1-13-9-14(2)11-16(10-13)18-19-15(7-8-23-18)12-17(26-19)22-24-20(3,4)21(5,6)25-22/h3-11H,1-2H3;7-12H,1-6H3. The fourth-order valence-electron chi connectivity index (χ4n) is 6.70. The third-order valence-electron chi connectivity index (χ3n) is 9.84. The van der Waals surface area contributed by atoms with Crippen LogP contribution in [0.4, 0.5) is 8.78 Å². The second kappa shape index (κ2) is 14.0. The molecule has 268 valence electrons.